The van der Waals surface area contributed by atoms with Gasteiger partial charge in [0, 0.05) is 12.0 Å². The van der Waals surface area contributed by atoms with Gasteiger partial charge in [-0.05, 0) is 31.2 Å². The average molecular weight is 278 g/mol. The molecule has 5 nitrogen and oxygen atoms in total. The molecule has 1 N–H and O–H groups in total. The van der Waals surface area contributed by atoms with Gasteiger partial charge >= 0.3 is 0 Å². The summed E-state index contributed by atoms with van der Waals surface area (Å²) < 4.78 is 5.60. The number of nitrogens with zero attached hydrogens (tertiary/aromatic N) is 3. The van der Waals surface area contributed by atoms with Gasteiger partial charge in [0.05, 0.1) is 24.5 Å². The summed E-state index contributed by atoms with van der Waals surface area (Å²) >= 11 is 0. The molecule has 21 heavy (non-hydrogen) atoms. The molecule has 0 spiro atoms. The van der Waals surface area contributed by atoms with Crippen molar-refractivity contribution in [3.05, 3.63) is 36.7 Å². The second-order valence-corrected chi connectivity index (χ2v) is 4.42. The van der Waals surface area contributed by atoms with Gasteiger partial charge in [-0.1, -0.05) is 0 Å². The number of fused-ring (bicyclic) bond motifs is 1. The maximum atomic E-state index is 5.60. The minimum Gasteiger partial charge on any atom is -0.493 e. The Bertz CT molecular complexity index is 763. The fraction of sp³-hybridized carbons (Fsp3) is 0.188. The van der Waals surface area contributed by atoms with Crippen LogP contribution >= 0.6 is 0 Å². The number of H-pyrrole nitrogens is 1. The van der Waals surface area contributed by atoms with Crippen LogP contribution in [0, 0.1) is 11.8 Å². The molecule has 0 unspecified atom stereocenters. The number of nitrogens with one attached hydrogen (secondary N) is 1. The molecule has 0 saturated heterocycles. The van der Waals surface area contributed by atoms with Crippen molar-refractivity contribution in [2.75, 3.05) is 6.61 Å². The Hall–Kier alpha value is -2.87. The Morgan fingerprint density at radius 2 is 1.95 bits per heavy atom. The first-order valence-corrected chi connectivity index (χ1v) is 6.66. The summed E-state index contributed by atoms with van der Waals surface area (Å²) in [5, 5.41) is 7.65. The van der Waals surface area contributed by atoms with Crippen LogP contribution in [0.2, 0.25) is 0 Å². The molecule has 3 rings (SSSR count). The molecule has 0 amide bonds. The van der Waals surface area contributed by atoms with Gasteiger partial charge in [-0.15, -0.1) is 11.8 Å². The summed E-state index contributed by atoms with van der Waals surface area (Å²) in [6.45, 7) is 2.43. The zero-order valence-corrected chi connectivity index (χ0v) is 11.6. The Kier molecular flexibility index (Phi) is 3.79. The highest BCUT2D eigenvalue weighted by atomic mass is 16.5. The predicted molar refractivity (Wildman–Crippen MR) is 80.7 cm³/mol. The van der Waals surface area contributed by atoms with Crippen LogP contribution < -0.4 is 4.74 Å². The number of aromatic nitrogens is 4. The van der Waals surface area contributed by atoms with Crippen LogP contribution in [-0.2, 0) is 0 Å². The second kappa shape index (κ2) is 6.06. The first kappa shape index (κ1) is 13.1. The summed E-state index contributed by atoms with van der Waals surface area (Å²) in [5.41, 5.74) is 2.67. The summed E-state index contributed by atoms with van der Waals surface area (Å²) in [5.74, 6) is 7.44. The number of imidazole rings is 1. The zero-order valence-electron chi connectivity index (χ0n) is 11.6. The van der Waals surface area contributed by atoms with Crippen LogP contribution in [-0.4, -0.2) is 26.8 Å². The number of ether oxygens (including phenoxy) is 1. The predicted octanol–water partition coefficient (Wildman–Crippen LogP) is 2.81. The third-order valence-electron chi connectivity index (χ3n) is 3.00. The maximum Gasteiger partial charge on any atom is 0.138 e. The average Bonchev–Trinajstić information content (AvgIpc) is 2.96. The molecule has 0 aliphatic carbocycles. The number of hydrogen-bond donors (Lipinski definition) is 1. The lowest BCUT2D eigenvalue weighted by molar-refractivity contribution is 0.327. The van der Waals surface area contributed by atoms with Crippen LogP contribution in [0.15, 0.2) is 36.7 Å². The molecule has 5 heteroatoms. The number of hydrogen-bond acceptors (Lipinski definition) is 4. The van der Waals surface area contributed by atoms with Gasteiger partial charge in [-0.3, -0.25) is 0 Å². The fourth-order valence-corrected chi connectivity index (χ4v) is 1.97. The maximum absolute atomic E-state index is 5.60. The molecule has 1 aromatic carbocycles. The highest BCUT2D eigenvalue weighted by Gasteiger charge is 2.05. The lowest BCUT2D eigenvalue weighted by Gasteiger charge is -2.04. The molecular weight excluding hydrogens is 264 g/mol. The van der Waals surface area contributed by atoms with E-state index in [-0.39, 0.29) is 0 Å². The summed E-state index contributed by atoms with van der Waals surface area (Å²) in [6.07, 6.45) is 4.04. The van der Waals surface area contributed by atoms with Crippen LogP contribution in [0.4, 0.5) is 0 Å². The van der Waals surface area contributed by atoms with Crippen LogP contribution in [0.5, 0.6) is 5.75 Å². The molecule has 2 heterocycles. The van der Waals surface area contributed by atoms with E-state index >= 15 is 0 Å². The topological polar surface area (TPSA) is 63.7 Å². The molecule has 0 saturated carbocycles. The van der Waals surface area contributed by atoms with Crippen LogP contribution in [0.25, 0.3) is 22.4 Å². The van der Waals surface area contributed by atoms with Crippen molar-refractivity contribution < 1.29 is 4.74 Å². The van der Waals surface area contributed by atoms with Gasteiger partial charge in [0.15, 0.2) is 0 Å². The van der Waals surface area contributed by atoms with E-state index in [1.165, 1.54) is 0 Å². The first-order valence-electron chi connectivity index (χ1n) is 6.66. The molecule has 2 aromatic heterocycles. The molecule has 104 valence electrons. The highest BCUT2D eigenvalue weighted by molar-refractivity contribution is 5.77. The Morgan fingerprint density at radius 3 is 2.71 bits per heavy atom. The molecular formula is C16H14N4O. The van der Waals surface area contributed by atoms with E-state index in [1.54, 1.807) is 12.4 Å². The van der Waals surface area contributed by atoms with Gasteiger partial charge < -0.3 is 9.72 Å². The SMILES string of the molecule is CC#CCCOc1ccc(-c2nc3cnncc3[nH]2)cc1. The van der Waals surface area contributed by atoms with Gasteiger partial charge in [-0.2, -0.15) is 10.2 Å². The van der Waals surface area contributed by atoms with E-state index in [4.69, 9.17) is 4.74 Å². The molecule has 0 atom stereocenters. The quantitative estimate of drug-likeness (QED) is 0.589. The molecule has 0 aliphatic heterocycles. The second-order valence-electron chi connectivity index (χ2n) is 4.42. The monoisotopic (exact) mass is 278 g/mol. The van der Waals surface area contributed by atoms with Gasteiger partial charge in [-0.25, -0.2) is 4.98 Å². The van der Waals surface area contributed by atoms with Gasteiger partial charge in [0.2, 0.25) is 0 Å². The number of aromatic amines is 1. The lowest BCUT2D eigenvalue weighted by atomic mass is 10.2. The van der Waals surface area contributed by atoms with Crippen molar-refractivity contribution in [1.29, 1.82) is 0 Å². The van der Waals surface area contributed by atoms with Crippen molar-refractivity contribution in [1.82, 2.24) is 20.2 Å². The molecule has 0 bridgehead atoms. The van der Waals surface area contributed by atoms with E-state index in [0.29, 0.717) is 6.61 Å². The summed E-state index contributed by atoms with van der Waals surface area (Å²) in [7, 11) is 0. The van der Waals surface area contributed by atoms with E-state index in [1.807, 2.05) is 31.2 Å². The van der Waals surface area contributed by atoms with Crippen molar-refractivity contribution in [3.8, 4) is 29.0 Å². The minimum absolute atomic E-state index is 0.599. The normalized spacial score (nSPS) is 10.1. The molecule has 3 aromatic rings. The van der Waals surface area contributed by atoms with Crippen molar-refractivity contribution >= 4 is 11.0 Å². The van der Waals surface area contributed by atoms with Gasteiger partial charge in [0.25, 0.3) is 0 Å². The van der Waals surface area contributed by atoms with Crippen molar-refractivity contribution in [3.63, 3.8) is 0 Å². The van der Waals surface area contributed by atoms with Crippen molar-refractivity contribution in [2.24, 2.45) is 0 Å². The summed E-state index contributed by atoms with van der Waals surface area (Å²) in [6, 6.07) is 7.80. The number of rotatable bonds is 4. The van der Waals surface area contributed by atoms with Crippen LogP contribution in [0.1, 0.15) is 13.3 Å². The molecule has 0 radical (unpaired) electrons. The first-order chi connectivity index (χ1) is 10.4. The third kappa shape index (κ3) is 3.00. The minimum atomic E-state index is 0.599. The fourth-order valence-electron chi connectivity index (χ4n) is 1.97. The number of benzene rings is 1. The van der Waals surface area contributed by atoms with Crippen LogP contribution in [0.3, 0.4) is 0 Å². The molecule has 0 aliphatic rings. The standard InChI is InChI=1S/C16H14N4O/c1-2-3-4-9-21-13-7-5-12(6-8-13)16-19-14-10-17-18-11-15(14)20-16/h5-8,10-11H,4,9H2,1H3,(H,19,20). The Balaban J connectivity index is 1.75. The third-order valence-corrected chi connectivity index (χ3v) is 3.00. The summed E-state index contributed by atoms with van der Waals surface area (Å²) in [4.78, 5) is 7.70. The van der Waals surface area contributed by atoms with Gasteiger partial charge in [0.1, 0.15) is 17.1 Å². The van der Waals surface area contributed by atoms with E-state index in [2.05, 4.69) is 32.0 Å². The lowest BCUT2D eigenvalue weighted by Crippen LogP contribution is -1.95. The Morgan fingerprint density at radius 1 is 1.14 bits per heavy atom. The van der Waals surface area contributed by atoms with Crippen molar-refractivity contribution in [2.45, 2.75) is 13.3 Å². The molecule has 0 fully saturated rings. The van der Waals surface area contributed by atoms with E-state index in [9.17, 15) is 0 Å². The largest absolute Gasteiger partial charge is 0.493 e. The van der Waals surface area contributed by atoms with E-state index in [0.717, 1.165) is 34.6 Å². The zero-order chi connectivity index (χ0) is 14.5. The van der Waals surface area contributed by atoms with E-state index < -0.39 is 0 Å². The smallest absolute Gasteiger partial charge is 0.138 e. The Labute approximate surface area is 122 Å². The highest BCUT2D eigenvalue weighted by Crippen LogP contribution is 2.22.